The second-order valence-electron chi connectivity index (χ2n) is 7.73. The highest BCUT2D eigenvalue weighted by Crippen LogP contribution is 2.35. The highest BCUT2D eigenvalue weighted by molar-refractivity contribution is 5.79. The van der Waals surface area contributed by atoms with Crippen LogP contribution in [0.25, 0.3) is 11.0 Å². The lowest BCUT2D eigenvalue weighted by molar-refractivity contribution is -0.141. The number of hydrogen-bond donors (Lipinski definition) is 0. The van der Waals surface area contributed by atoms with Crippen molar-refractivity contribution >= 4 is 11.0 Å². The average Bonchev–Trinajstić information content (AvgIpc) is 3.08. The predicted octanol–water partition coefficient (Wildman–Crippen LogP) is 3.84. The fraction of sp³-hybridized carbons (Fsp3) is 0.400. The maximum Gasteiger partial charge on any atom is 0.433 e. The van der Waals surface area contributed by atoms with Gasteiger partial charge in [0.25, 0.3) is 0 Å². The topological polar surface area (TPSA) is 45.4 Å². The quantitative estimate of drug-likeness (QED) is 0.616. The molecule has 152 valence electrons. The Morgan fingerprint density at radius 3 is 2.55 bits per heavy atom. The Morgan fingerprint density at radius 1 is 1.07 bits per heavy atom. The van der Waals surface area contributed by atoms with E-state index in [2.05, 4.69) is 19.9 Å². The van der Waals surface area contributed by atoms with Crippen LogP contribution in [0, 0.1) is 5.82 Å². The molecule has 0 N–H and O–H groups in total. The maximum atomic E-state index is 13.5. The first kappa shape index (κ1) is 18.5. The van der Waals surface area contributed by atoms with Crippen LogP contribution in [0.2, 0.25) is 0 Å². The first-order valence-electron chi connectivity index (χ1n) is 9.41. The summed E-state index contributed by atoms with van der Waals surface area (Å²) in [4.78, 5) is 8.11. The molecule has 0 radical (unpaired) electrons. The summed E-state index contributed by atoms with van der Waals surface area (Å²) in [5.41, 5.74) is 1.20. The Bertz CT molecular complexity index is 1020. The minimum atomic E-state index is -4.42. The molecule has 5 nitrogen and oxygen atoms in total. The van der Waals surface area contributed by atoms with Gasteiger partial charge in [0.1, 0.15) is 17.2 Å². The Hall–Kier alpha value is -2.52. The largest absolute Gasteiger partial charge is 0.433 e. The van der Waals surface area contributed by atoms with Gasteiger partial charge in [-0.25, -0.2) is 4.39 Å². The fourth-order valence-corrected chi connectivity index (χ4v) is 4.35. The molecule has 3 saturated heterocycles. The molecule has 1 aromatic carbocycles. The summed E-state index contributed by atoms with van der Waals surface area (Å²) in [5, 5.41) is 4.80. The molecule has 3 aromatic rings. The lowest BCUT2D eigenvalue weighted by atomic mass is 9.87. The van der Waals surface area contributed by atoms with Crippen molar-refractivity contribution in [3.63, 3.8) is 0 Å². The van der Waals surface area contributed by atoms with Crippen molar-refractivity contribution in [2.45, 2.75) is 37.8 Å². The van der Waals surface area contributed by atoms with Crippen LogP contribution >= 0.6 is 0 Å². The van der Waals surface area contributed by atoms with Gasteiger partial charge >= 0.3 is 6.18 Å². The van der Waals surface area contributed by atoms with Crippen molar-refractivity contribution in [2.24, 2.45) is 0 Å². The maximum absolute atomic E-state index is 13.5. The van der Waals surface area contributed by atoms with Crippen molar-refractivity contribution < 1.29 is 22.1 Å². The number of hydrogen-bond acceptors (Lipinski definition) is 5. The van der Waals surface area contributed by atoms with E-state index in [9.17, 15) is 17.6 Å². The number of alkyl halides is 3. The number of piperazine rings is 1. The zero-order valence-electron chi connectivity index (χ0n) is 15.4. The van der Waals surface area contributed by atoms with E-state index in [1.165, 1.54) is 24.4 Å². The molecular formula is C20H18F4N4O. The van der Waals surface area contributed by atoms with Gasteiger partial charge in [0.05, 0.1) is 0 Å². The van der Waals surface area contributed by atoms with Crippen LogP contribution in [-0.2, 0) is 19.3 Å². The molecular weight excluding hydrogens is 388 g/mol. The Balaban J connectivity index is 1.22. The molecule has 3 fully saturated rings. The number of piperidine rings is 1. The van der Waals surface area contributed by atoms with E-state index in [1.807, 2.05) is 0 Å². The van der Waals surface area contributed by atoms with Gasteiger partial charge in [-0.1, -0.05) is 11.2 Å². The fourth-order valence-electron chi connectivity index (χ4n) is 4.35. The molecule has 0 aliphatic carbocycles. The summed E-state index contributed by atoms with van der Waals surface area (Å²) in [6, 6.07) is 7.58. The van der Waals surface area contributed by atoms with Crippen LogP contribution in [0.15, 0.2) is 41.1 Å². The summed E-state index contributed by atoms with van der Waals surface area (Å²) >= 11 is 0. The van der Waals surface area contributed by atoms with Gasteiger partial charge < -0.3 is 4.52 Å². The van der Waals surface area contributed by atoms with Gasteiger partial charge in [-0.15, -0.1) is 0 Å². The Kier molecular flexibility index (Phi) is 4.32. The number of benzene rings is 1. The number of fused-ring (bicyclic) bond motifs is 3. The van der Waals surface area contributed by atoms with Gasteiger partial charge in [-0.3, -0.25) is 14.8 Å². The highest BCUT2D eigenvalue weighted by atomic mass is 19.4. The smallest absolute Gasteiger partial charge is 0.356 e. The molecule has 29 heavy (non-hydrogen) atoms. The van der Waals surface area contributed by atoms with Crippen molar-refractivity contribution in [3.8, 4) is 0 Å². The lowest BCUT2D eigenvalue weighted by Gasteiger charge is -2.56. The molecule has 5 heterocycles. The zero-order valence-corrected chi connectivity index (χ0v) is 15.4. The van der Waals surface area contributed by atoms with Crippen molar-refractivity contribution in [3.05, 3.63) is 59.3 Å². The zero-order chi connectivity index (χ0) is 20.2. The normalized spacial score (nSPS) is 22.8. The van der Waals surface area contributed by atoms with Crippen LogP contribution in [-0.4, -0.2) is 45.1 Å². The molecule has 6 rings (SSSR count). The molecule has 3 aliphatic rings. The lowest BCUT2D eigenvalue weighted by Crippen LogP contribution is -2.67. The summed E-state index contributed by atoms with van der Waals surface area (Å²) in [5.74, 6) is -0.318. The average molecular weight is 406 g/mol. The third-order valence-electron chi connectivity index (χ3n) is 5.78. The highest BCUT2D eigenvalue weighted by Gasteiger charge is 2.44. The van der Waals surface area contributed by atoms with E-state index in [-0.39, 0.29) is 5.82 Å². The molecule has 2 bridgehead atoms. The summed E-state index contributed by atoms with van der Waals surface area (Å²) in [6.07, 6.45) is -2.04. The van der Waals surface area contributed by atoms with E-state index in [0.29, 0.717) is 36.1 Å². The molecule has 0 spiro atoms. The van der Waals surface area contributed by atoms with Gasteiger partial charge in [0, 0.05) is 49.8 Å². The summed E-state index contributed by atoms with van der Waals surface area (Å²) in [7, 11) is 0. The number of aromatic nitrogens is 2. The van der Waals surface area contributed by atoms with E-state index >= 15 is 0 Å². The van der Waals surface area contributed by atoms with Crippen LogP contribution in [0.1, 0.15) is 23.4 Å². The van der Waals surface area contributed by atoms with Gasteiger partial charge in [-0.2, -0.15) is 13.2 Å². The van der Waals surface area contributed by atoms with E-state index < -0.39 is 11.9 Å². The second kappa shape index (κ2) is 6.77. The monoisotopic (exact) mass is 406 g/mol. The predicted molar refractivity (Wildman–Crippen MR) is 96.2 cm³/mol. The molecule has 3 aliphatic heterocycles. The van der Waals surface area contributed by atoms with E-state index in [0.717, 1.165) is 36.8 Å². The van der Waals surface area contributed by atoms with Crippen LogP contribution < -0.4 is 0 Å². The van der Waals surface area contributed by atoms with Crippen molar-refractivity contribution in [1.29, 1.82) is 0 Å². The number of pyridine rings is 1. The molecule has 0 saturated carbocycles. The summed E-state index contributed by atoms with van der Waals surface area (Å²) < 4.78 is 56.8. The number of halogens is 4. The van der Waals surface area contributed by atoms with Crippen molar-refractivity contribution in [2.75, 3.05) is 13.1 Å². The Labute approximate surface area is 163 Å². The standard InChI is InChI=1S/C20H18F4N4O/c21-13-2-3-18-16(5-13)17(26-29-18)11-28-14-6-15(28)10-27(9-14)8-12-1-4-19(25-7-12)20(22,23)24/h1-5,7,14-15H,6,8-11H2. The van der Waals surface area contributed by atoms with Crippen molar-refractivity contribution in [1.82, 2.24) is 19.9 Å². The van der Waals surface area contributed by atoms with E-state index in [4.69, 9.17) is 4.52 Å². The number of rotatable bonds is 4. The molecule has 9 heteroatoms. The number of nitrogens with zero attached hydrogens (tertiary/aromatic N) is 4. The van der Waals surface area contributed by atoms with Gasteiger partial charge in [0.15, 0.2) is 5.58 Å². The van der Waals surface area contributed by atoms with Crippen LogP contribution in [0.5, 0.6) is 0 Å². The molecule has 2 aromatic heterocycles. The molecule has 2 atom stereocenters. The van der Waals surface area contributed by atoms with Crippen LogP contribution in [0.4, 0.5) is 17.6 Å². The first-order chi connectivity index (χ1) is 13.9. The third kappa shape index (κ3) is 3.49. The van der Waals surface area contributed by atoms with Crippen LogP contribution in [0.3, 0.4) is 0 Å². The molecule has 0 amide bonds. The Morgan fingerprint density at radius 2 is 1.86 bits per heavy atom. The SMILES string of the molecule is Fc1ccc2onc(CN3C4CC3CN(Cc3ccc(C(F)(F)F)nc3)C4)c2c1. The first-order valence-corrected chi connectivity index (χ1v) is 9.41. The summed E-state index contributed by atoms with van der Waals surface area (Å²) in [6.45, 7) is 2.81. The minimum Gasteiger partial charge on any atom is -0.356 e. The second-order valence-corrected chi connectivity index (χ2v) is 7.73. The van der Waals surface area contributed by atoms with Gasteiger partial charge in [-0.05, 0) is 36.2 Å². The third-order valence-corrected chi connectivity index (χ3v) is 5.78. The van der Waals surface area contributed by atoms with E-state index in [1.54, 1.807) is 6.07 Å². The minimum absolute atomic E-state index is 0.318. The molecule has 2 unspecified atom stereocenters. The van der Waals surface area contributed by atoms with Gasteiger partial charge in [0.2, 0.25) is 0 Å².